The number of carbonyl (C=O) groups excluding carboxylic acids is 3. The molecule has 0 bridgehead atoms. The summed E-state index contributed by atoms with van der Waals surface area (Å²) >= 11 is 0. The number of aliphatic hydroxyl groups is 8. The van der Waals surface area contributed by atoms with Crippen LogP contribution in [0.25, 0.3) is 0 Å². The van der Waals surface area contributed by atoms with E-state index in [1.165, 1.54) is 39.0 Å². The standard InChI is InChI=1S/C50H90O19/c1-6-7-8-19-24-35(25-21-23-34(53)22-18-16-14-12-10-9-11-13-15-17-20-26-36(54)32(4)51)66-49-46(41(57)37(55)28-63-49)69-50-47(43(59)39(30-64-50)65-33(5)52)68-48-45(61)44(60)42(58)38(67-48)29-62-40(56)27-31(2)3/h31,34-39,41-50,53-55,57-61H,6-30H2,1-5H3/t34?,35?,36?,37-,38-,39-,41+,42-,43+,44+,45-,46-,47-,48+,49+,50+/m0/s1. The van der Waals surface area contributed by atoms with Gasteiger partial charge in [0.2, 0.25) is 0 Å². The number of esters is 2. The van der Waals surface area contributed by atoms with E-state index in [-0.39, 0.29) is 30.8 Å². The van der Waals surface area contributed by atoms with Gasteiger partial charge in [-0.1, -0.05) is 117 Å². The molecule has 19 heteroatoms. The molecule has 69 heavy (non-hydrogen) atoms. The van der Waals surface area contributed by atoms with Gasteiger partial charge in [-0.2, -0.15) is 0 Å². The van der Waals surface area contributed by atoms with Crippen LogP contribution in [-0.2, 0) is 52.3 Å². The van der Waals surface area contributed by atoms with Crippen LogP contribution in [0.3, 0.4) is 0 Å². The zero-order valence-corrected chi connectivity index (χ0v) is 42.1. The number of rotatable bonds is 35. The molecule has 3 heterocycles. The largest absolute Gasteiger partial charge is 0.463 e. The van der Waals surface area contributed by atoms with Crippen LogP contribution in [-0.4, -0.2) is 177 Å². The van der Waals surface area contributed by atoms with Crippen LogP contribution in [0, 0.1) is 5.92 Å². The summed E-state index contributed by atoms with van der Waals surface area (Å²) in [6.45, 7) is 7.14. The van der Waals surface area contributed by atoms with Crippen molar-refractivity contribution in [2.24, 2.45) is 5.92 Å². The second kappa shape index (κ2) is 33.7. The van der Waals surface area contributed by atoms with Crippen LogP contribution < -0.4 is 0 Å². The number of carbonyl (C=O) groups is 3. The van der Waals surface area contributed by atoms with Gasteiger partial charge in [-0.05, 0) is 51.4 Å². The lowest BCUT2D eigenvalue weighted by molar-refractivity contribution is -0.380. The number of hydrogen-bond acceptors (Lipinski definition) is 19. The Hall–Kier alpha value is -1.95. The third-order valence-electron chi connectivity index (χ3n) is 13.1. The minimum atomic E-state index is -1.89. The zero-order valence-electron chi connectivity index (χ0n) is 42.1. The lowest BCUT2D eigenvalue weighted by Gasteiger charge is -2.46. The molecule has 404 valence electrons. The fourth-order valence-corrected chi connectivity index (χ4v) is 8.91. The van der Waals surface area contributed by atoms with Crippen LogP contribution >= 0.6 is 0 Å². The first-order chi connectivity index (χ1) is 32.9. The fourth-order valence-electron chi connectivity index (χ4n) is 8.91. The average Bonchev–Trinajstić information content (AvgIpc) is 3.29. The number of unbranched alkanes of at least 4 members (excludes halogenated alkanes) is 13. The maximum absolute atomic E-state index is 12.3. The van der Waals surface area contributed by atoms with E-state index in [1.807, 2.05) is 13.8 Å². The summed E-state index contributed by atoms with van der Waals surface area (Å²) in [5.74, 6) is -1.50. The molecule has 3 rings (SSSR count). The molecule has 0 aromatic carbocycles. The zero-order chi connectivity index (χ0) is 50.9. The number of hydrogen-bond donors (Lipinski definition) is 8. The maximum atomic E-state index is 12.3. The highest BCUT2D eigenvalue weighted by molar-refractivity contribution is 5.80. The Bertz CT molecular complexity index is 1410. The molecule has 0 aromatic rings. The average molecular weight is 995 g/mol. The summed E-state index contributed by atoms with van der Waals surface area (Å²) in [5.41, 5.74) is 0. The molecule has 0 radical (unpaired) electrons. The Balaban J connectivity index is 1.59. The normalized spacial score (nSPS) is 31.0. The van der Waals surface area contributed by atoms with E-state index in [0.717, 1.165) is 71.1 Å². The summed E-state index contributed by atoms with van der Waals surface area (Å²) < 4.78 is 46.9. The third kappa shape index (κ3) is 22.8. The predicted molar refractivity (Wildman–Crippen MR) is 250 cm³/mol. The molecule has 0 amide bonds. The molecule has 3 aliphatic rings. The Morgan fingerprint density at radius 3 is 1.74 bits per heavy atom. The second-order valence-electron chi connectivity index (χ2n) is 19.9. The first kappa shape index (κ1) is 61.4. The highest BCUT2D eigenvalue weighted by atomic mass is 16.8. The van der Waals surface area contributed by atoms with Crippen LogP contribution in [0.2, 0.25) is 0 Å². The highest BCUT2D eigenvalue weighted by Gasteiger charge is 2.52. The van der Waals surface area contributed by atoms with Crippen LogP contribution in [0.15, 0.2) is 0 Å². The Kier molecular flexibility index (Phi) is 30.0. The number of Topliss-reactive ketones (excluding diaryl/α,β-unsaturated/α-hetero) is 1. The molecular formula is C50H90O19. The van der Waals surface area contributed by atoms with E-state index in [1.54, 1.807) is 0 Å². The lowest BCUT2D eigenvalue weighted by atomic mass is 9.98. The van der Waals surface area contributed by atoms with E-state index >= 15 is 0 Å². The Morgan fingerprint density at radius 2 is 1.13 bits per heavy atom. The Morgan fingerprint density at radius 1 is 0.594 bits per heavy atom. The van der Waals surface area contributed by atoms with Gasteiger partial charge in [0.1, 0.15) is 67.6 Å². The number of ether oxygens (including phenoxy) is 8. The summed E-state index contributed by atoms with van der Waals surface area (Å²) in [6, 6.07) is 0. The molecule has 3 unspecified atom stereocenters. The smallest absolute Gasteiger partial charge is 0.306 e. The monoisotopic (exact) mass is 995 g/mol. The number of aliphatic hydroxyl groups excluding tert-OH is 8. The molecule has 8 N–H and O–H groups in total. The van der Waals surface area contributed by atoms with E-state index in [2.05, 4.69) is 6.92 Å². The van der Waals surface area contributed by atoms with Crippen molar-refractivity contribution in [1.82, 2.24) is 0 Å². The molecule has 0 aliphatic carbocycles. The van der Waals surface area contributed by atoms with Crippen LogP contribution in [0.5, 0.6) is 0 Å². The number of ketones is 1. The van der Waals surface area contributed by atoms with Gasteiger partial charge in [0, 0.05) is 13.3 Å². The quantitative estimate of drug-likeness (QED) is 0.0331. The first-order valence-corrected chi connectivity index (χ1v) is 26.1. The van der Waals surface area contributed by atoms with E-state index in [9.17, 15) is 55.2 Å². The van der Waals surface area contributed by atoms with Crippen molar-refractivity contribution >= 4 is 17.7 Å². The van der Waals surface area contributed by atoms with Gasteiger partial charge in [-0.3, -0.25) is 14.4 Å². The molecule has 3 saturated heterocycles. The molecule has 19 nitrogen and oxygen atoms in total. The molecule has 0 spiro atoms. The first-order valence-electron chi connectivity index (χ1n) is 26.1. The van der Waals surface area contributed by atoms with Crippen molar-refractivity contribution in [3.63, 3.8) is 0 Å². The van der Waals surface area contributed by atoms with Crippen molar-refractivity contribution in [1.29, 1.82) is 0 Å². The van der Waals surface area contributed by atoms with Gasteiger partial charge < -0.3 is 78.7 Å². The van der Waals surface area contributed by atoms with E-state index in [0.29, 0.717) is 38.5 Å². The van der Waals surface area contributed by atoms with Crippen LogP contribution in [0.4, 0.5) is 0 Å². The van der Waals surface area contributed by atoms with Crippen molar-refractivity contribution in [3.8, 4) is 0 Å². The molecular weight excluding hydrogens is 905 g/mol. The summed E-state index contributed by atoms with van der Waals surface area (Å²) in [6.07, 6.45) is -2.36. The maximum Gasteiger partial charge on any atom is 0.306 e. The SMILES string of the molecule is CCCCCCC(CCCC(O)CCCCCCCCCCCCCC(O)C(C)=O)O[C@H]1OC[C@H](O)[C@@H](O)[C@@H]1O[C@H]1OC[C@H](OC(C)=O)[C@@H](O)[C@@H]1O[C@H]1O[C@@H](COC(=O)CC(C)C)[C@H](O)[C@@H](O)[C@@H]1O. The Labute approximate surface area is 409 Å². The summed E-state index contributed by atoms with van der Waals surface area (Å²) in [7, 11) is 0. The van der Waals surface area contributed by atoms with Gasteiger partial charge in [-0.15, -0.1) is 0 Å². The molecule has 0 saturated carbocycles. The molecule has 0 aromatic heterocycles. The van der Waals surface area contributed by atoms with Crippen molar-refractivity contribution in [3.05, 3.63) is 0 Å². The third-order valence-corrected chi connectivity index (χ3v) is 13.1. The highest BCUT2D eigenvalue weighted by Crippen LogP contribution is 2.33. The molecule has 3 fully saturated rings. The van der Waals surface area contributed by atoms with Gasteiger partial charge in [0.25, 0.3) is 0 Å². The van der Waals surface area contributed by atoms with E-state index in [4.69, 9.17) is 37.9 Å². The second-order valence-corrected chi connectivity index (χ2v) is 19.9. The summed E-state index contributed by atoms with van der Waals surface area (Å²) in [5, 5.41) is 86.5. The molecule has 16 atom stereocenters. The van der Waals surface area contributed by atoms with Crippen LogP contribution in [0.1, 0.15) is 176 Å². The van der Waals surface area contributed by atoms with Crippen molar-refractivity contribution < 1.29 is 93.1 Å². The van der Waals surface area contributed by atoms with Crippen molar-refractivity contribution in [2.75, 3.05) is 19.8 Å². The van der Waals surface area contributed by atoms with E-state index < -0.39 is 117 Å². The topological polar surface area (TPSA) is 287 Å². The van der Waals surface area contributed by atoms with Gasteiger partial charge in [0.15, 0.2) is 30.8 Å². The lowest BCUT2D eigenvalue weighted by Crippen LogP contribution is -2.65. The van der Waals surface area contributed by atoms with Gasteiger partial charge in [0.05, 0.1) is 25.4 Å². The summed E-state index contributed by atoms with van der Waals surface area (Å²) in [4.78, 5) is 35.4. The minimum Gasteiger partial charge on any atom is -0.463 e. The fraction of sp³-hybridized carbons (Fsp3) is 0.940. The van der Waals surface area contributed by atoms with Crippen molar-refractivity contribution in [2.45, 2.75) is 274 Å². The molecule has 3 aliphatic heterocycles. The van der Waals surface area contributed by atoms with Gasteiger partial charge in [-0.25, -0.2) is 0 Å². The minimum absolute atomic E-state index is 0.0161. The predicted octanol–water partition coefficient (Wildman–Crippen LogP) is 3.79. The van der Waals surface area contributed by atoms with Gasteiger partial charge >= 0.3 is 11.9 Å².